The summed E-state index contributed by atoms with van der Waals surface area (Å²) in [4.78, 5) is 4.94. The highest BCUT2D eigenvalue weighted by atomic mass is 19.1. The normalized spacial score (nSPS) is 17.3. The minimum absolute atomic E-state index is 0.0140. The fourth-order valence-corrected chi connectivity index (χ4v) is 4.47. The quantitative estimate of drug-likeness (QED) is 0.486. The van der Waals surface area contributed by atoms with Crippen LogP contribution in [0.5, 0.6) is 11.5 Å². The fraction of sp³-hybridized carbons (Fsp3) is 0.333. The lowest BCUT2D eigenvalue weighted by Crippen LogP contribution is -2.47. The van der Waals surface area contributed by atoms with Gasteiger partial charge in [0.25, 0.3) is 0 Å². The number of nitrogens with zero attached hydrogens (tertiary/aromatic N) is 2. The van der Waals surface area contributed by atoms with E-state index in [9.17, 15) is 4.39 Å². The molecule has 168 valence electrons. The Bertz CT molecular complexity index is 965. The van der Waals surface area contributed by atoms with Crippen LogP contribution in [0, 0.1) is 12.7 Å². The average molecular weight is 435 g/mol. The molecule has 0 saturated carbocycles. The van der Waals surface area contributed by atoms with Crippen LogP contribution in [0.25, 0.3) is 0 Å². The molecule has 3 aromatic carbocycles. The van der Waals surface area contributed by atoms with Gasteiger partial charge in [-0.1, -0.05) is 42.0 Å². The molecular formula is C27H31FN2O2. The molecule has 1 fully saturated rings. The van der Waals surface area contributed by atoms with E-state index in [1.807, 2.05) is 24.3 Å². The van der Waals surface area contributed by atoms with Gasteiger partial charge in [0.05, 0.1) is 20.4 Å². The smallest absolute Gasteiger partial charge is 0.125 e. The maximum Gasteiger partial charge on any atom is 0.125 e. The monoisotopic (exact) mass is 434 g/mol. The lowest BCUT2D eigenvalue weighted by Gasteiger charge is -2.44. The van der Waals surface area contributed by atoms with Crippen LogP contribution >= 0.6 is 0 Å². The summed E-state index contributed by atoms with van der Waals surface area (Å²) in [5.74, 6) is 1.44. The van der Waals surface area contributed by atoms with Crippen LogP contribution in [0.2, 0.25) is 0 Å². The highest BCUT2D eigenvalue weighted by Crippen LogP contribution is 2.38. The third-order valence-corrected chi connectivity index (χ3v) is 6.10. The molecule has 0 radical (unpaired) electrons. The van der Waals surface area contributed by atoms with Gasteiger partial charge in [0.15, 0.2) is 0 Å². The van der Waals surface area contributed by atoms with E-state index in [1.54, 1.807) is 14.2 Å². The van der Waals surface area contributed by atoms with Gasteiger partial charge >= 0.3 is 0 Å². The Kier molecular flexibility index (Phi) is 7.08. The third-order valence-electron chi connectivity index (χ3n) is 6.10. The Morgan fingerprint density at radius 3 is 1.97 bits per heavy atom. The second-order valence-corrected chi connectivity index (χ2v) is 8.39. The Hall–Kier alpha value is -2.89. The topological polar surface area (TPSA) is 24.9 Å². The van der Waals surface area contributed by atoms with Crippen molar-refractivity contribution in [1.82, 2.24) is 9.80 Å². The summed E-state index contributed by atoms with van der Waals surface area (Å²) in [6.45, 7) is 5.62. The summed E-state index contributed by atoms with van der Waals surface area (Å²) in [5, 5.41) is 0. The van der Waals surface area contributed by atoms with E-state index in [0.29, 0.717) is 0 Å². The van der Waals surface area contributed by atoms with Gasteiger partial charge in [-0.3, -0.25) is 9.80 Å². The summed E-state index contributed by atoms with van der Waals surface area (Å²) in [6, 6.07) is 21.5. The summed E-state index contributed by atoms with van der Waals surface area (Å²) < 4.78 is 24.8. The number of hydrogen-bond acceptors (Lipinski definition) is 4. The predicted molar refractivity (Wildman–Crippen MR) is 125 cm³/mol. The van der Waals surface area contributed by atoms with Gasteiger partial charge in [-0.05, 0) is 54.8 Å². The lowest BCUT2D eigenvalue weighted by atomic mass is 10.0. The molecule has 0 unspecified atom stereocenters. The van der Waals surface area contributed by atoms with Gasteiger partial charge in [0, 0.05) is 31.7 Å². The van der Waals surface area contributed by atoms with Gasteiger partial charge in [-0.2, -0.15) is 0 Å². The highest BCUT2D eigenvalue weighted by molar-refractivity contribution is 5.42. The molecule has 1 saturated heterocycles. The zero-order chi connectivity index (χ0) is 22.5. The summed E-state index contributed by atoms with van der Waals surface area (Å²) in [5.41, 5.74) is 4.72. The van der Waals surface area contributed by atoms with Crippen LogP contribution in [0.15, 0.2) is 66.7 Å². The maximum absolute atomic E-state index is 13.5. The molecule has 3 aromatic rings. The summed E-state index contributed by atoms with van der Waals surface area (Å²) >= 11 is 0. The van der Waals surface area contributed by atoms with E-state index in [-0.39, 0.29) is 12.0 Å². The van der Waals surface area contributed by atoms with Gasteiger partial charge in [0.2, 0.25) is 0 Å². The molecule has 0 amide bonds. The number of benzene rings is 3. The molecule has 0 aliphatic carbocycles. The number of ether oxygens (including phenoxy) is 2. The first-order valence-corrected chi connectivity index (χ1v) is 11.1. The van der Waals surface area contributed by atoms with Crippen molar-refractivity contribution in [3.63, 3.8) is 0 Å². The SMILES string of the molecule is COc1ccc(OC)c([C@@H]2N(Cc3ccc(C)cc3)CCCN2Cc2ccc(F)cc2)c1. The first-order chi connectivity index (χ1) is 15.6. The summed E-state index contributed by atoms with van der Waals surface area (Å²) in [6.07, 6.45) is 1.08. The van der Waals surface area contributed by atoms with Gasteiger partial charge in [-0.15, -0.1) is 0 Å². The molecular weight excluding hydrogens is 403 g/mol. The second kappa shape index (κ2) is 10.2. The average Bonchev–Trinajstić information content (AvgIpc) is 2.82. The first-order valence-electron chi connectivity index (χ1n) is 11.1. The van der Waals surface area contributed by atoms with E-state index in [2.05, 4.69) is 47.1 Å². The summed E-state index contributed by atoms with van der Waals surface area (Å²) in [7, 11) is 3.40. The van der Waals surface area contributed by atoms with E-state index in [0.717, 1.165) is 55.2 Å². The first kappa shape index (κ1) is 22.3. The molecule has 0 N–H and O–H groups in total. The fourth-order valence-electron chi connectivity index (χ4n) is 4.47. The van der Waals surface area contributed by atoms with Crippen molar-refractivity contribution in [2.45, 2.75) is 32.6 Å². The Balaban J connectivity index is 1.71. The lowest BCUT2D eigenvalue weighted by molar-refractivity contribution is -0.0104. The molecule has 1 atom stereocenters. The number of hydrogen-bond donors (Lipinski definition) is 0. The van der Waals surface area contributed by atoms with Crippen LogP contribution in [0.4, 0.5) is 4.39 Å². The van der Waals surface area contributed by atoms with E-state index < -0.39 is 0 Å². The van der Waals surface area contributed by atoms with Crippen molar-refractivity contribution in [2.24, 2.45) is 0 Å². The van der Waals surface area contributed by atoms with E-state index >= 15 is 0 Å². The van der Waals surface area contributed by atoms with Gasteiger partial charge in [-0.25, -0.2) is 4.39 Å². The molecule has 4 rings (SSSR count). The number of aryl methyl sites for hydroxylation is 1. The van der Waals surface area contributed by atoms with Crippen molar-refractivity contribution in [2.75, 3.05) is 27.3 Å². The molecule has 1 aliphatic heterocycles. The van der Waals surface area contributed by atoms with E-state index in [4.69, 9.17) is 9.47 Å². The standard InChI is InChI=1S/C27H31FN2O2/c1-20-5-7-21(8-6-20)18-29-15-4-16-30(19-22-9-11-23(28)12-10-22)27(29)25-17-24(31-2)13-14-26(25)32-3/h5-14,17,27H,4,15-16,18-19H2,1-3H3/t27-/m1/s1. The predicted octanol–water partition coefficient (Wildman–Crippen LogP) is 5.56. The van der Waals surface area contributed by atoms with E-state index in [1.165, 1.54) is 23.3 Å². The Morgan fingerprint density at radius 2 is 1.41 bits per heavy atom. The van der Waals surface area contributed by atoms with Gasteiger partial charge < -0.3 is 9.47 Å². The molecule has 0 aromatic heterocycles. The molecule has 1 heterocycles. The van der Waals surface area contributed by atoms with Crippen molar-refractivity contribution in [3.05, 3.63) is 94.8 Å². The largest absolute Gasteiger partial charge is 0.497 e. The zero-order valence-corrected chi connectivity index (χ0v) is 19.1. The zero-order valence-electron chi connectivity index (χ0n) is 19.1. The molecule has 32 heavy (non-hydrogen) atoms. The maximum atomic E-state index is 13.5. The van der Waals surface area contributed by atoms with Crippen LogP contribution in [-0.2, 0) is 13.1 Å². The van der Waals surface area contributed by atoms with Crippen LogP contribution in [0.1, 0.15) is 34.8 Å². The Labute approximate surface area is 190 Å². The van der Waals surface area contributed by atoms with Crippen LogP contribution in [-0.4, -0.2) is 37.1 Å². The van der Waals surface area contributed by atoms with Crippen LogP contribution in [0.3, 0.4) is 0 Å². The second-order valence-electron chi connectivity index (χ2n) is 8.39. The van der Waals surface area contributed by atoms with Crippen molar-refractivity contribution >= 4 is 0 Å². The molecule has 5 heteroatoms. The number of rotatable bonds is 7. The highest BCUT2D eigenvalue weighted by Gasteiger charge is 2.33. The van der Waals surface area contributed by atoms with Crippen LogP contribution < -0.4 is 9.47 Å². The van der Waals surface area contributed by atoms with Crippen molar-refractivity contribution in [1.29, 1.82) is 0 Å². The molecule has 0 spiro atoms. The Morgan fingerprint density at radius 1 is 0.812 bits per heavy atom. The molecule has 0 bridgehead atoms. The third kappa shape index (κ3) is 5.12. The van der Waals surface area contributed by atoms with Crippen molar-refractivity contribution in [3.8, 4) is 11.5 Å². The molecule has 4 nitrogen and oxygen atoms in total. The minimum atomic E-state index is -0.209. The van der Waals surface area contributed by atoms with Crippen molar-refractivity contribution < 1.29 is 13.9 Å². The minimum Gasteiger partial charge on any atom is -0.497 e. The van der Waals surface area contributed by atoms with Gasteiger partial charge in [0.1, 0.15) is 17.3 Å². The number of halogens is 1. The number of methoxy groups -OCH3 is 2. The molecule has 1 aliphatic rings.